The summed E-state index contributed by atoms with van der Waals surface area (Å²) in [4.78, 5) is 20.2. The number of hydrogen-bond donors (Lipinski definition) is 1. The monoisotopic (exact) mass is 343 g/mol. The molecule has 0 unspecified atom stereocenters. The van der Waals surface area contributed by atoms with E-state index in [0.717, 1.165) is 0 Å². The van der Waals surface area contributed by atoms with Gasteiger partial charge in [-0.25, -0.2) is 18.4 Å². The lowest BCUT2D eigenvalue weighted by Crippen LogP contribution is -2.50. The van der Waals surface area contributed by atoms with E-state index in [1.54, 1.807) is 18.7 Å². The number of aliphatic hydroxyl groups excluding tert-OH is 1. The first-order valence-corrected chi connectivity index (χ1v) is 8.15. The van der Waals surface area contributed by atoms with Gasteiger partial charge < -0.3 is 10.0 Å². The lowest BCUT2D eigenvalue weighted by Gasteiger charge is -2.36. The number of rotatable bonds is 3. The van der Waals surface area contributed by atoms with Crippen LogP contribution < -0.4 is 0 Å². The molecule has 0 aromatic carbocycles. The summed E-state index contributed by atoms with van der Waals surface area (Å²) in [6.45, 7) is 4.50. The third-order valence-corrected chi connectivity index (χ3v) is 5.06. The average molecular weight is 343 g/mol. The van der Waals surface area contributed by atoms with Gasteiger partial charge in [-0.15, -0.1) is 0 Å². The molecule has 2 aliphatic rings. The van der Waals surface area contributed by atoms with Crippen molar-refractivity contribution >= 4 is 5.91 Å². The second-order valence-electron chi connectivity index (χ2n) is 7.14. The van der Waals surface area contributed by atoms with Crippen LogP contribution in [0, 0.1) is 0 Å². The van der Waals surface area contributed by atoms with Crippen LogP contribution in [0.4, 0.5) is 8.78 Å². The van der Waals surface area contributed by atoms with Crippen molar-refractivity contribution in [1.29, 1.82) is 0 Å². The molecule has 3 rings (SSSR count). The third-order valence-electron chi connectivity index (χ3n) is 5.06. The number of carbonyl (C=O) groups is 1. The first-order chi connectivity index (χ1) is 11.2. The van der Waals surface area contributed by atoms with Gasteiger partial charge in [0.1, 0.15) is 18.2 Å². The van der Waals surface area contributed by atoms with Crippen molar-refractivity contribution < 1.29 is 18.7 Å². The highest BCUT2D eigenvalue weighted by atomic mass is 19.3. The Morgan fingerprint density at radius 1 is 1.29 bits per heavy atom. The topological polar surface area (TPSA) is 74.5 Å². The zero-order valence-electron chi connectivity index (χ0n) is 13.9. The number of carbonyl (C=O) groups excluding carboxylic acids is 1. The molecule has 134 valence electrons. The zero-order valence-corrected chi connectivity index (χ0v) is 13.9. The molecule has 0 aliphatic carbocycles. The van der Waals surface area contributed by atoms with Crippen LogP contribution in [0.2, 0.25) is 0 Å². The highest BCUT2D eigenvalue weighted by Crippen LogP contribution is 2.31. The first-order valence-electron chi connectivity index (χ1n) is 8.15. The van der Waals surface area contributed by atoms with Crippen molar-refractivity contribution in [3.8, 4) is 0 Å². The molecule has 2 aliphatic heterocycles. The minimum Gasteiger partial charge on any atom is -0.390 e. The van der Waals surface area contributed by atoms with Gasteiger partial charge in [0.2, 0.25) is 5.91 Å². The summed E-state index contributed by atoms with van der Waals surface area (Å²) < 4.78 is 28.1. The molecular weight excluding hydrogens is 320 g/mol. The minimum atomic E-state index is -2.62. The highest BCUT2D eigenvalue weighted by molar-refractivity contribution is 5.84. The second-order valence-corrected chi connectivity index (χ2v) is 7.14. The Labute approximate surface area is 139 Å². The van der Waals surface area contributed by atoms with Gasteiger partial charge in [-0.2, -0.15) is 5.10 Å². The van der Waals surface area contributed by atoms with E-state index < -0.39 is 17.6 Å². The number of amides is 1. The standard InChI is InChI=1S/C15H23F2N5O2/c1-14(2,22-10-18-9-19-22)13(24)21-7-11(12(23)8-21)20-5-3-15(16,17)4-6-20/h9-12,23H,3-8H2,1-2H3/t11-,12-/m1/s1. The number of halogens is 2. The van der Waals surface area contributed by atoms with Crippen LogP contribution in [-0.2, 0) is 10.3 Å². The fourth-order valence-electron chi connectivity index (χ4n) is 3.46. The Balaban J connectivity index is 1.66. The van der Waals surface area contributed by atoms with Crippen LogP contribution in [0.15, 0.2) is 12.7 Å². The SMILES string of the molecule is CC(C)(C(=O)N1C[C@@H](O)[C@H](N2CCC(F)(F)CC2)C1)n1cncn1. The van der Waals surface area contributed by atoms with Gasteiger partial charge in [0.15, 0.2) is 0 Å². The Kier molecular flexibility index (Phi) is 4.33. The van der Waals surface area contributed by atoms with Gasteiger partial charge in [-0.05, 0) is 13.8 Å². The number of aromatic nitrogens is 3. The molecule has 1 aromatic heterocycles. The number of likely N-dealkylation sites (tertiary alicyclic amines) is 2. The smallest absolute Gasteiger partial charge is 0.250 e. The summed E-state index contributed by atoms with van der Waals surface area (Å²) in [5, 5.41) is 14.4. The van der Waals surface area contributed by atoms with E-state index in [9.17, 15) is 18.7 Å². The average Bonchev–Trinajstić information content (AvgIpc) is 3.16. The molecule has 1 N–H and O–H groups in total. The Morgan fingerprint density at radius 2 is 1.96 bits per heavy atom. The summed E-state index contributed by atoms with van der Waals surface area (Å²) in [7, 11) is 0. The summed E-state index contributed by atoms with van der Waals surface area (Å²) in [5.74, 6) is -2.79. The normalized spacial score (nSPS) is 28.3. The number of piperidine rings is 1. The summed E-state index contributed by atoms with van der Waals surface area (Å²) >= 11 is 0. The van der Waals surface area contributed by atoms with E-state index in [2.05, 4.69) is 10.1 Å². The largest absolute Gasteiger partial charge is 0.390 e. The molecule has 0 saturated carbocycles. The first kappa shape index (κ1) is 17.2. The van der Waals surface area contributed by atoms with Crippen molar-refractivity contribution in [3.05, 3.63) is 12.7 Å². The molecule has 7 nitrogen and oxygen atoms in total. The molecule has 0 radical (unpaired) electrons. The maximum Gasteiger partial charge on any atom is 0.250 e. The molecule has 2 atom stereocenters. The highest BCUT2D eigenvalue weighted by Gasteiger charge is 2.45. The van der Waals surface area contributed by atoms with E-state index in [-0.39, 0.29) is 44.4 Å². The van der Waals surface area contributed by atoms with Crippen molar-refractivity contribution in [2.75, 3.05) is 26.2 Å². The van der Waals surface area contributed by atoms with Crippen LogP contribution in [0.3, 0.4) is 0 Å². The van der Waals surface area contributed by atoms with Crippen LogP contribution >= 0.6 is 0 Å². The van der Waals surface area contributed by atoms with Gasteiger partial charge in [0.05, 0.1) is 12.1 Å². The fourth-order valence-corrected chi connectivity index (χ4v) is 3.46. The van der Waals surface area contributed by atoms with Gasteiger partial charge in [0, 0.05) is 39.0 Å². The van der Waals surface area contributed by atoms with Crippen molar-refractivity contribution in [3.63, 3.8) is 0 Å². The molecule has 0 spiro atoms. The Hall–Kier alpha value is -1.61. The Bertz CT molecular complexity index is 583. The predicted octanol–water partition coefficient (Wildman–Crippen LogP) is 0.316. The minimum absolute atomic E-state index is 0.170. The lowest BCUT2D eigenvalue weighted by atomic mass is 10.0. The van der Waals surface area contributed by atoms with Gasteiger partial charge >= 0.3 is 0 Å². The molecular formula is C15H23F2N5O2. The van der Waals surface area contributed by atoms with Crippen LogP contribution in [0.25, 0.3) is 0 Å². The number of β-amino-alcohol motifs (C(OH)–C–C–N with tert-alkyl or cyclic N) is 1. The Morgan fingerprint density at radius 3 is 2.54 bits per heavy atom. The van der Waals surface area contributed by atoms with E-state index in [0.29, 0.717) is 6.54 Å². The predicted molar refractivity (Wildman–Crippen MR) is 81.5 cm³/mol. The summed E-state index contributed by atoms with van der Waals surface area (Å²) in [6, 6.07) is -0.295. The van der Waals surface area contributed by atoms with Gasteiger partial charge in [-0.1, -0.05) is 0 Å². The van der Waals surface area contributed by atoms with E-state index in [4.69, 9.17) is 0 Å². The maximum absolute atomic E-state index is 13.3. The molecule has 2 saturated heterocycles. The lowest BCUT2D eigenvalue weighted by molar-refractivity contribution is -0.139. The van der Waals surface area contributed by atoms with E-state index in [1.807, 2.05) is 4.90 Å². The fraction of sp³-hybridized carbons (Fsp3) is 0.800. The molecule has 3 heterocycles. The molecule has 2 fully saturated rings. The molecule has 24 heavy (non-hydrogen) atoms. The van der Waals surface area contributed by atoms with Crippen LogP contribution in [-0.4, -0.2) is 79.8 Å². The maximum atomic E-state index is 13.3. The number of alkyl halides is 2. The molecule has 0 bridgehead atoms. The van der Waals surface area contributed by atoms with E-state index in [1.165, 1.54) is 17.3 Å². The second kappa shape index (κ2) is 6.03. The zero-order chi connectivity index (χ0) is 17.5. The quantitative estimate of drug-likeness (QED) is 0.855. The molecule has 1 amide bonds. The number of aliphatic hydroxyl groups is 1. The van der Waals surface area contributed by atoms with Gasteiger partial charge in [0.25, 0.3) is 5.92 Å². The van der Waals surface area contributed by atoms with E-state index >= 15 is 0 Å². The molecule has 9 heteroatoms. The summed E-state index contributed by atoms with van der Waals surface area (Å²) in [5.41, 5.74) is -0.917. The van der Waals surface area contributed by atoms with Crippen LogP contribution in [0.5, 0.6) is 0 Å². The van der Waals surface area contributed by atoms with Gasteiger partial charge in [-0.3, -0.25) is 9.69 Å². The number of hydrogen-bond acceptors (Lipinski definition) is 5. The summed E-state index contributed by atoms with van der Waals surface area (Å²) in [6.07, 6.45) is 1.72. The van der Waals surface area contributed by atoms with Crippen molar-refractivity contribution in [2.24, 2.45) is 0 Å². The number of nitrogens with zero attached hydrogens (tertiary/aromatic N) is 5. The van der Waals surface area contributed by atoms with Crippen LogP contribution in [0.1, 0.15) is 26.7 Å². The molecule has 1 aromatic rings. The van der Waals surface area contributed by atoms with Crippen molar-refractivity contribution in [2.45, 2.75) is 50.3 Å². The van der Waals surface area contributed by atoms with Crippen molar-refractivity contribution in [1.82, 2.24) is 24.6 Å². The third kappa shape index (κ3) is 3.14.